The molecule has 1 N–H and O–H groups in total. The van der Waals surface area contributed by atoms with Crippen LogP contribution in [-0.2, 0) is 21.1 Å². The zero-order chi connectivity index (χ0) is 22.8. The third-order valence-corrected chi connectivity index (χ3v) is 10.5. The topological polar surface area (TPSA) is 66.5 Å². The van der Waals surface area contributed by atoms with Gasteiger partial charge in [-0.3, -0.25) is 9.69 Å². The van der Waals surface area contributed by atoms with Gasteiger partial charge in [-0.05, 0) is 92.6 Å². The van der Waals surface area contributed by atoms with Gasteiger partial charge in [0.05, 0.1) is 0 Å². The number of nitrogens with one attached hydrogen (secondary N) is 1. The van der Waals surface area contributed by atoms with Crippen LogP contribution < -0.4 is 5.32 Å². The maximum Gasteiger partial charge on any atom is 0.242 e. The molecule has 0 bridgehead atoms. The number of thiophene rings is 1. The SMILES string of the molecule is CC1(C)C(=O)NC(C(CCCCc2ccccc2-c2ccsc2)N2CCCCC2)S1(=O)=O. The molecule has 2 unspecified atom stereocenters. The third-order valence-electron chi connectivity index (χ3n) is 7.12. The van der Waals surface area contributed by atoms with Gasteiger partial charge < -0.3 is 5.32 Å². The summed E-state index contributed by atoms with van der Waals surface area (Å²) in [6.45, 7) is 4.89. The molecule has 5 nitrogen and oxygen atoms in total. The summed E-state index contributed by atoms with van der Waals surface area (Å²) in [5.74, 6) is -0.366. The molecule has 174 valence electrons. The number of amides is 1. The second-order valence-electron chi connectivity index (χ2n) is 9.53. The lowest BCUT2D eigenvalue weighted by Crippen LogP contribution is -2.52. The van der Waals surface area contributed by atoms with Crippen LogP contribution in [-0.4, -0.2) is 48.5 Å². The Balaban J connectivity index is 1.45. The van der Waals surface area contributed by atoms with Crippen molar-refractivity contribution >= 4 is 27.1 Å². The Morgan fingerprint density at radius 1 is 1.12 bits per heavy atom. The van der Waals surface area contributed by atoms with E-state index in [4.69, 9.17) is 0 Å². The summed E-state index contributed by atoms with van der Waals surface area (Å²) in [5.41, 5.74) is 3.89. The first kappa shape index (κ1) is 23.5. The molecule has 2 atom stereocenters. The van der Waals surface area contributed by atoms with Gasteiger partial charge in [0.15, 0.2) is 9.84 Å². The highest BCUT2D eigenvalue weighted by atomic mass is 32.2. The van der Waals surface area contributed by atoms with Crippen molar-refractivity contribution in [3.05, 3.63) is 46.7 Å². The quantitative estimate of drug-likeness (QED) is 0.567. The fourth-order valence-electron chi connectivity index (χ4n) is 5.01. The first-order valence-corrected chi connectivity index (χ1v) is 14.2. The van der Waals surface area contributed by atoms with E-state index in [2.05, 4.69) is 51.3 Å². The largest absolute Gasteiger partial charge is 0.337 e. The molecule has 3 heterocycles. The van der Waals surface area contributed by atoms with Crippen molar-refractivity contribution in [3.8, 4) is 11.1 Å². The fourth-order valence-corrected chi connectivity index (χ4v) is 7.60. The van der Waals surface area contributed by atoms with Gasteiger partial charge in [-0.2, -0.15) is 11.3 Å². The molecule has 1 aromatic carbocycles. The molecule has 4 rings (SSSR count). The van der Waals surface area contributed by atoms with Crippen LogP contribution >= 0.6 is 11.3 Å². The number of likely N-dealkylation sites (tertiary alicyclic amines) is 1. The first-order chi connectivity index (χ1) is 15.3. The minimum absolute atomic E-state index is 0.154. The summed E-state index contributed by atoms with van der Waals surface area (Å²) in [7, 11) is -3.59. The number of benzene rings is 1. The van der Waals surface area contributed by atoms with Crippen molar-refractivity contribution in [1.82, 2.24) is 10.2 Å². The lowest BCUT2D eigenvalue weighted by atomic mass is 9.96. The number of sulfone groups is 1. The summed E-state index contributed by atoms with van der Waals surface area (Å²) >= 11 is 1.71. The van der Waals surface area contributed by atoms with Crippen LogP contribution in [0.4, 0.5) is 0 Å². The maximum absolute atomic E-state index is 13.2. The van der Waals surface area contributed by atoms with E-state index < -0.39 is 20.0 Å². The van der Waals surface area contributed by atoms with Crippen LogP contribution in [0.25, 0.3) is 11.1 Å². The van der Waals surface area contributed by atoms with E-state index in [1.165, 1.54) is 37.0 Å². The van der Waals surface area contributed by atoms with Crippen molar-refractivity contribution in [3.63, 3.8) is 0 Å². The van der Waals surface area contributed by atoms with Crippen molar-refractivity contribution in [2.24, 2.45) is 0 Å². The molecule has 0 radical (unpaired) electrons. The third kappa shape index (κ3) is 4.52. The predicted octanol–water partition coefficient (Wildman–Crippen LogP) is 4.63. The molecule has 2 aliphatic heterocycles. The number of rotatable bonds is 8. The second kappa shape index (κ2) is 9.65. The Hall–Kier alpha value is -1.70. The highest BCUT2D eigenvalue weighted by Crippen LogP contribution is 2.33. The van der Waals surface area contributed by atoms with Crippen molar-refractivity contribution in [1.29, 1.82) is 0 Å². The first-order valence-electron chi connectivity index (χ1n) is 11.7. The van der Waals surface area contributed by atoms with Crippen LogP contribution in [0.2, 0.25) is 0 Å². The molecule has 2 aliphatic rings. The highest BCUT2D eigenvalue weighted by molar-refractivity contribution is 7.94. The second-order valence-corrected chi connectivity index (χ2v) is 12.9. The van der Waals surface area contributed by atoms with Gasteiger partial charge in [-0.25, -0.2) is 8.42 Å². The number of hydrogen-bond acceptors (Lipinski definition) is 5. The van der Waals surface area contributed by atoms with E-state index in [1.807, 2.05) is 0 Å². The van der Waals surface area contributed by atoms with Gasteiger partial charge in [0.25, 0.3) is 0 Å². The molecule has 2 saturated heterocycles. The van der Waals surface area contributed by atoms with Crippen LogP contribution in [0.3, 0.4) is 0 Å². The number of piperidine rings is 1. The molecule has 0 saturated carbocycles. The van der Waals surface area contributed by atoms with E-state index >= 15 is 0 Å². The number of nitrogens with zero attached hydrogens (tertiary/aromatic N) is 1. The normalized spacial score (nSPS) is 23.7. The Morgan fingerprint density at radius 2 is 1.88 bits per heavy atom. The summed E-state index contributed by atoms with van der Waals surface area (Å²) in [6, 6.07) is 10.5. The Labute approximate surface area is 196 Å². The molecular formula is C25H34N2O3S2. The Morgan fingerprint density at radius 3 is 2.53 bits per heavy atom. The van der Waals surface area contributed by atoms with E-state index in [0.29, 0.717) is 0 Å². The summed E-state index contributed by atoms with van der Waals surface area (Å²) < 4.78 is 25.1. The molecular weight excluding hydrogens is 440 g/mol. The van der Waals surface area contributed by atoms with E-state index in [0.717, 1.165) is 51.6 Å². The van der Waals surface area contributed by atoms with Gasteiger partial charge in [0.2, 0.25) is 5.91 Å². The van der Waals surface area contributed by atoms with Gasteiger partial charge in [-0.15, -0.1) is 0 Å². The minimum Gasteiger partial charge on any atom is -0.337 e. The number of carbonyl (C=O) groups is 1. The van der Waals surface area contributed by atoms with Crippen LogP contribution in [0.5, 0.6) is 0 Å². The minimum atomic E-state index is -3.59. The van der Waals surface area contributed by atoms with Crippen molar-refractivity contribution in [2.75, 3.05) is 13.1 Å². The maximum atomic E-state index is 13.2. The monoisotopic (exact) mass is 474 g/mol. The fraction of sp³-hybridized carbons (Fsp3) is 0.560. The highest BCUT2D eigenvalue weighted by Gasteiger charge is 2.56. The Kier molecular flexibility index (Phi) is 7.08. The van der Waals surface area contributed by atoms with E-state index in [-0.39, 0.29) is 11.9 Å². The molecule has 2 aromatic rings. The van der Waals surface area contributed by atoms with E-state index in [1.54, 1.807) is 11.3 Å². The number of unbranched alkanes of at least 4 members (excludes halogenated alkanes) is 1. The summed E-state index contributed by atoms with van der Waals surface area (Å²) in [5, 5.41) is 6.33. The van der Waals surface area contributed by atoms with Crippen molar-refractivity contribution < 1.29 is 13.2 Å². The van der Waals surface area contributed by atoms with Crippen LogP contribution in [0.1, 0.15) is 57.9 Å². The average molecular weight is 475 g/mol. The molecule has 0 spiro atoms. The predicted molar refractivity (Wildman–Crippen MR) is 131 cm³/mol. The zero-order valence-electron chi connectivity index (χ0n) is 19.0. The van der Waals surface area contributed by atoms with Crippen LogP contribution in [0, 0.1) is 0 Å². The standard InChI is InChI=1S/C25H34N2O3S2/c1-25(2)24(28)26-23(32(25,29)30)22(27-15-8-3-9-16-27)13-7-5-11-19-10-4-6-12-21(19)20-14-17-31-18-20/h4,6,10,12,14,17-18,22-23H,3,5,7-9,11,13,15-16H2,1-2H3,(H,26,28). The van der Waals surface area contributed by atoms with Gasteiger partial charge in [-0.1, -0.05) is 37.1 Å². The molecule has 0 aliphatic carbocycles. The zero-order valence-corrected chi connectivity index (χ0v) is 20.7. The number of carbonyl (C=O) groups excluding carboxylic acids is 1. The average Bonchev–Trinajstić information content (AvgIpc) is 3.37. The van der Waals surface area contributed by atoms with Gasteiger partial charge >= 0.3 is 0 Å². The lowest BCUT2D eigenvalue weighted by molar-refractivity contribution is -0.122. The van der Waals surface area contributed by atoms with Gasteiger partial charge in [0, 0.05) is 6.04 Å². The molecule has 7 heteroatoms. The van der Waals surface area contributed by atoms with Crippen molar-refractivity contribution in [2.45, 2.75) is 75.0 Å². The Bertz CT molecular complexity index is 1030. The molecule has 1 amide bonds. The number of aryl methyl sites for hydroxylation is 1. The molecule has 1 aromatic heterocycles. The van der Waals surface area contributed by atoms with E-state index in [9.17, 15) is 13.2 Å². The number of hydrogen-bond donors (Lipinski definition) is 1. The molecule has 2 fully saturated rings. The van der Waals surface area contributed by atoms with Crippen LogP contribution in [0.15, 0.2) is 41.1 Å². The van der Waals surface area contributed by atoms with Gasteiger partial charge in [0.1, 0.15) is 10.1 Å². The smallest absolute Gasteiger partial charge is 0.242 e. The lowest BCUT2D eigenvalue weighted by Gasteiger charge is -2.37. The summed E-state index contributed by atoms with van der Waals surface area (Å²) in [4.78, 5) is 14.8. The summed E-state index contributed by atoms with van der Waals surface area (Å²) in [6.07, 6.45) is 7.05. The molecule has 32 heavy (non-hydrogen) atoms.